The standard InChI is InChI=1S/C16H15N3O2S/c20-15(11-5-7-21-10-11)17-13-4-2-1-3-12(13)14-9-19-6-8-22-16(19)18-14/h1-4,6,8-9,11H,5,7,10H2,(H,17,20)/t11-/m0/s1. The van der Waals surface area contributed by atoms with Gasteiger partial charge in [0.2, 0.25) is 5.91 Å². The quantitative estimate of drug-likeness (QED) is 0.808. The maximum atomic E-state index is 12.3. The van der Waals surface area contributed by atoms with Gasteiger partial charge in [-0.3, -0.25) is 9.20 Å². The molecule has 6 heteroatoms. The number of hydrogen-bond acceptors (Lipinski definition) is 4. The Morgan fingerprint density at radius 1 is 1.41 bits per heavy atom. The summed E-state index contributed by atoms with van der Waals surface area (Å²) in [5.41, 5.74) is 2.60. The van der Waals surface area contributed by atoms with E-state index < -0.39 is 0 Å². The van der Waals surface area contributed by atoms with Crippen molar-refractivity contribution >= 4 is 27.9 Å². The number of nitrogens with one attached hydrogen (secondary N) is 1. The highest BCUT2D eigenvalue weighted by Gasteiger charge is 2.24. The molecule has 0 unspecified atom stereocenters. The van der Waals surface area contributed by atoms with Crippen molar-refractivity contribution in [1.82, 2.24) is 9.38 Å². The van der Waals surface area contributed by atoms with Crippen LogP contribution in [0.4, 0.5) is 5.69 Å². The summed E-state index contributed by atoms with van der Waals surface area (Å²) in [6, 6.07) is 7.77. The highest BCUT2D eigenvalue weighted by Crippen LogP contribution is 2.29. The molecule has 0 bridgehead atoms. The zero-order valence-electron chi connectivity index (χ0n) is 11.9. The first-order chi connectivity index (χ1) is 10.8. The van der Waals surface area contributed by atoms with Crippen LogP contribution in [0.25, 0.3) is 16.2 Å². The topological polar surface area (TPSA) is 55.6 Å². The lowest BCUT2D eigenvalue weighted by molar-refractivity contribution is -0.119. The summed E-state index contributed by atoms with van der Waals surface area (Å²) >= 11 is 1.59. The summed E-state index contributed by atoms with van der Waals surface area (Å²) in [6.07, 6.45) is 4.75. The predicted molar refractivity (Wildman–Crippen MR) is 86.1 cm³/mol. The van der Waals surface area contributed by atoms with E-state index in [9.17, 15) is 4.79 Å². The number of nitrogens with zero attached hydrogens (tertiary/aromatic N) is 2. The van der Waals surface area contributed by atoms with Crippen LogP contribution in [0.3, 0.4) is 0 Å². The number of carbonyl (C=O) groups is 1. The molecule has 0 aliphatic carbocycles. The van der Waals surface area contributed by atoms with E-state index in [0.29, 0.717) is 13.2 Å². The number of thiazole rings is 1. The van der Waals surface area contributed by atoms with E-state index in [-0.39, 0.29) is 11.8 Å². The molecule has 2 aromatic heterocycles. The van der Waals surface area contributed by atoms with Crippen LogP contribution in [-0.4, -0.2) is 28.5 Å². The molecule has 5 nitrogen and oxygen atoms in total. The average Bonchev–Trinajstić information content (AvgIpc) is 3.24. The van der Waals surface area contributed by atoms with Crippen molar-refractivity contribution in [2.45, 2.75) is 6.42 Å². The summed E-state index contributed by atoms with van der Waals surface area (Å²) in [4.78, 5) is 17.9. The van der Waals surface area contributed by atoms with Gasteiger partial charge in [0.15, 0.2) is 4.96 Å². The molecule has 1 fully saturated rings. The summed E-state index contributed by atoms with van der Waals surface area (Å²) in [5, 5.41) is 5.02. The Balaban J connectivity index is 1.65. The Morgan fingerprint density at radius 3 is 3.14 bits per heavy atom. The van der Waals surface area contributed by atoms with Crippen molar-refractivity contribution in [3.05, 3.63) is 42.0 Å². The number of rotatable bonds is 3. The normalized spacial score (nSPS) is 17.9. The van der Waals surface area contributed by atoms with Gasteiger partial charge in [-0.25, -0.2) is 4.98 Å². The van der Waals surface area contributed by atoms with Crippen molar-refractivity contribution in [2.75, 3.05) is 18.5 Å². The number of imidazole rings is 1. The first-order valence-electron chi connectivity index (χ1n) is 7.21. The van der Waals surface area contributed by atoms with E-state index in [1.165, 1.54) is 0 Å². The second kappa shape index (κ2) is 5.55. The molecule has 1 atom stereocenters. The lowest BCUT2D eigenvalue weighted by atomic mass is 10.1. The number of aromatic nitrogens is 2. The van der Waals surface area contributed by atoms with E-state index in [2.05, 4.69) is 10.3 Å². The maximum Gasteiger partial charge on any atom is 0.229 e. The zero-order chi connectivity index (χ0) is 14.9. The number of benzene rings is 1. The van der Waals surface area contributed by atoms with Crippen LogP contribution in [-0.2, 0) is 9.53 Å². The van der Waals surface area contributed by atoms with Crippen LogP contribution in [0, 0.1) is 5.92 Å². The fourth-order valence-corrected chi connectivity index (χ4v) is 3.35. The molecular weight excluding hydrogens is 298 g/mol. The van der Waals surface area contributed by atoms with Gasteiger partial charge < -0.3 is 10.1 Å². The Labute approximate surface area is 131 Å². The van der Waals surface area contributed by atoms with Crippen molar-refractivity contribution < 1.29 is 9.53 Å². The van der Waals surface area contributed by atoms with Crippen molar-refractivity contribution in [3.8, 4) is 11.3 Å². The monoisotopic (exact) mass is 313 g/mol. The molecule has 0 saturated carbocycles. The molecule has 3 aromatic rings. The van der Waals surface area contributed by atoms with Gasteiger partial charge in [0.1, 0.15) is 0 Å². The average molecular weight is 313 g/mol. The zero-order valence-corrected chi connectivity index (χ0v) is 12.7. The first-order valence-corrected chi connectivity index (χ1v) is 8.09. The Morgan fingerprint density at radius 2 is 2.32 bits per heavy atom. The van der Waals surface area contributed by atoms with E-state index >= 15 is 0 Å². The molecule has 1 aliphatic rings. The molecule has 1 N–H and O–H groups in total. The van der Waals surface area contributed by atoms with Gasteiger partial charge in [-0.1, -0.05) is 18.2 Å². The lowest BCUT2D eigenvalue weighted by Crippen LogP contribution is -2.23. The van der Waals surface area contributed by atoms with Gasteiger partial charge in [0.25, 0.3) is 0 Å². The second-order valence-electron chi connectivity index (χ2n) is 5.31. The number of fused-ring (bicyclic) bond motifs is 1. The number of carbonyl (C=O) groups excluding carboxylic acids is 1. The van der Waals surface area contributed by atoms with Gasteiger partial charge in [-0.2, -0.15) is 0 Å². The summed E-state index contributed by atoms with van der Waals surface area (Å²) < 4.78 is 7.27. The van der Waals surface area contributed by atoms with Crippen LogP contribution in [0.15, 0.2) is 42.0 Å². The van der Waals surface area contributed by atoms with E-state index in [4.69, 9.17) is 4.74 Å². The number of anilines is 1. The first kappa shape index (κ1) is 13.5. The second-order valence-corrected chi connectivity index (χ2v) is 6.19. The Bertz CT molecular complexity index is 789. The molecule has 1 aliphatic heterocycles. The van der Waals surface area contributed by atoms with Crippen LogP contribution in [0.1, 0.15) is 6.42 Å². The fourth-order valence-electron chi connectivity index (χ4n) is 2.65. The Kier molecular flexibility index (Phi) is 3.40. The molecule has 3 heterocycles. The third-order valence-electron chi connectivity index (χ3n) is 3.85. The van der Waals surface area contributed by atoms with Crippen LogP contribution in [0.2, 0.25) is 0 Å². The number of ether oxygens (including phenoxy) is 1. The molecule has 1 aromatic carbocycles. The Hall–Kier alpha value is -2.18. The molecule has 4 rings (SSSR count). The van der Waals surface area contributed by atoms with Crippen molar-refractivity contribution in [3.63, 3.8) is 0 Å². The molecule has 0 spiro atoms. The fraction of sp³-hybridized carbons (Fsp3) is 0.250. The molecule has 1 saturated heterocycles. The highest BCUT2D eigenvalue weighted by molar-refractivity contribution is 7.15. The summed E-state index contributed by atoms with van der Waals surface area (Å²) in [6.45, 7) is 1.17. The van der Waals surface area contributed by atoms with Gasteiger partial charge in [0.05, 0.1) is 23.9 Å². The van der Waals surface area contributed by atoms with Crippen molar-refractivity contribution in [2.24, 2.45) is 5.92 Å². The van der Waals surface area contributed by atoms with E-state index in [1.807, 2.05) is 46.4 Å². The lowest BCUT2D eigenvalue weighted by Gasteiger charge is -2.12. The number of amides is 1. The third kappa shape index (κ3) is 2.40. The van der Waals surface area contributed by atoms with Gasteiger partial charge in [0, 0.05) is 29.9 Å². The molecule has 0 radical (unpaired) electrons. The maximum absolute atomic E-state index is 12.3. The summed E-state index contributed by atoms with van der Waals surface area (Å²) in [5.74, 6) is -0.0375. The SMILES string of the molecule is O=C(Nc1ccccc1-c1cn2ccsc2n1)[C@H]1CCOC1. The van der Waals surface area contributed by atoms with E-state index in [1.54, 1.807) is 11.3 Å². The minimum atomic E-state index is -0.0569. The highest BCUT2D eigenvalue weighted by atomic mass is 32.1. The smallest absolute Gasteiger partial charge is 0.229 e. The molecule has 22 heavy (non-hydrogen) atoms. The van der Waals surface area contributed by atoms with Crippen molar-refractivity contribution in [1.29, 1.82) is 0 Å². The minimum absolute atomic E-state index is 0.0194. The van der Waals surface area contributed by atoms with Gasteiger partial charge in [-0.05, 0) is 12.5 Å². The minimum Gasteiger partial charge on any atom is -0.381 e. The third-order valence-corrected chi connectivity index (χ3v) is 4.63. The number of hydrogen-bond donors (Lipinski definition) is 1. The van der Waals surface area contributed by atoms with Crippen LogP contribution < -0.4 is 5.32 Å². The van der Waals surface area contributed by atoms with Gasteiger partial charge in [-0.15, -0.1) is 11.3 Å². The van der Waals surface area contributed by atoms with Gasteiger partial charge >= 0.3 is 0 Å². The molecule has 1 amide bonds. The summed E-state index contributed by atoms with van der Waals surface area (Å²) in [7, 11) is 0. The predicted octanol–water partition coefficient (Wildman–Crippen LogP) is 3.04. The van der Waals surface area contributed by atoms with Crippen LogP contribution >= 0.6 is 11.3 Å². The molecule has 112 valence electrons. The van der Waals surface area contributed by atoms with E-state index in [0.717, 1.165) is 28.3 Å². The van der Waals surface area contributed by atoms with Crippen LogP contribution in [0.5, 0.6) is 0 Å². The molecular formula is C16H15N3O2S. The number of para-hydroxylation sites is 1. The largest absolute Gasteiger partial charge is 0.381 e.